The standard InChI is InChI=1S/C13H17N3/c14-9-13-11-7-3-4-8-12(11)15-16(13)10-5-1-2-6-10/h10H,1-8H2. The van der Waals surface area contributed by atoms with Crippen LogP contribution in [0.3, 0.4) is 0 Å². The van der Waals surface area contributed by atoms with Crippen LogP contribution in [0.4, 0.5) is 0 Å². The SMILES string of the molecule is N#Cc1c2c(nn1C1CCCC1)CCCC2. The van der Waals surface area contributed by atoms with Crippen LogP contribution in [0.5, 0.6) is 0 Å². The summed E-state index contributed by atoms with van der Waals surface area (Å²) in [6, 6.07) is 2.88. The maximum atomic E-state index is 9.31. The number of aromatic nitrogens is 2. The normalized spacial score (nSPS) is 20.7. The van der Waals surface area contributed by atoms with Crippen LogP contribution in [0.15, 0.2) is 0 Å². The molecule has 1 fully saturated rings. The van der Waals surface area contributed by atoms with E-state index in [2.05, 4.69) is 6.07 Å². The molecule has 0 aliphatic heterocycles. The number of aryl methyl sites for hydroxylation is 1. The zero-order valence-electron chi connectivity index (χ0n) is 9.58. The van der Waals surface area contributed by atoms with Gasteiger partial charge in [-0.2, -0.15) is 10.4 Å². The Kier molecular flexibility index (Phi) is 2.43. The molecular formula is C13H17N3. The van der Waals surface area contributed by atoms with E-state index in [0.717, 1.165) is 18.5 Å². The zero-order valence-corrected chi connectivity index (χ0v) is 9.58. The molecule has 3 nitrogen and oxygen atoms in total. The van der Waals surface area contributed by atoms with Gasteiger partial charge in [0, 0.05) is 5.56 Å². The Morgan fingerprint density at radius 1 is 1.12 bits per heavy atom. The van der Waals surface area contributed by atoms with Gasteiger partial charge in [-0.1, -0.05) is 12.8 Å². The minimum Gasteiger partial charge on any atom is -0.251 e. The molecule has 2 aliphatic rings. The molecule has 1 heterocycles. The largest absolute Gasteiger partial charge is 0.251 e. The van der Waals surface area contributed by atoms with Gasteiger partial charge in [-0.05, 0) is 38.5 Å². The van der Waals surface area contributed by atoms with E-state index in [1.165, 1.54) is 49.8 Å². The highest BCUT2D eigenvalue weighted by atomic mass is 15.3. The van der Waals surface area contributed by atoms with Gasteiger partial charge in [0.15, 0.2) is 0 Å². The number of nitriles is 1. The first-order valence-electron chi connectivity index (χ1n) is 6.40. The maximum Gasteiger partial charge on any atom is 0.142 e. The van der Waals surface area contributed by atoms with Gasteiger partial charge < -0.3 is 0 Å². The fraction of sp³-hybridized carbons (Fsp3) is 0.692. The molecule has 0 spiro atoms. The number of nitrogens with zero attached hydrogens (tertiary/aromatic N) is 3. The van der Waals surface area contributed by atoms with Crippen molar-refractivity contribution >= 4 is 0 Å². The van der Waals surface area contributed by atoms with Crippen molar-refractivity contribution in [3.05, 3.63) is 17.0 Å². The maximum absolute atomic E-state index is 9.31. The Morgan fingerprint density at radius 2 is 1.88 bits per heavy atom. The van der Waals surface area contributed by atoms with Crippen LogP contribution in [0.25, 0.3) is 0 Å². The molecule has 0 N–H and O–H groups in total. The fourth-order valence-electron chi connectivity index (χ4n) is 3.10. The van der Waals surface area contributed by atoms with E-state index in [9.17, 15) is 5.26 Å². The molecule has 0 aromatic carbocycles. The summed E-state index contributed by atoms with van der Waals surface area (Å²) in [6.07, 6.45) is 9.58. The predicted molar refractivity (Wildman–Crippen MR) is 61.1 cm³/mol. The van der Waals surface area contributed by atoms with E-state index in [4.69, 9.17) is 5.10 Å². The average Bonchev–Trinajstić information content (AvgIpc) is 2.95. The lowest BCUT2D eigenvalue weighted by atomic mass is 9.96. The lowest BCUT2D eigenvalue weighted by Gasteiger charge is -2.10. The van der Waals surface area contributed by atoms with Gasteiger partial charge in [0.1, 0.15) is 11.8 Å². The highest BCUT2D eigenvalue weighted by Gasteiger charge is 2.26. The van der Waals surface area contributed by atoms with Crippen molar-refractivity contribution in [1.82, 2.24) is 9.78 Å². The van der Waals surface area contributed by atoms with Crippen LogP contribution in [-0.2, 0) is 12.8 Å². The van der Waals surface area contributed by atoms with Crippen LogP contribution in [0.2, 0.25) is 0 Å². The molecule has 1 aromatic heterocycles. The van der Waals surface area contributed by atoms with Gasteiger partial charge in [0.05, 0.1) is 11.7 Å². The lowest BCUT2D eigenvalue weighted by molar-refractivity contribution is 0.458. The van der Waals surface area contributed by atoms with E-state index in [-0.39, 0.29) is 0 Å². The molecule has 0 bridgehead atoms. The van der Waals surface area contributed by atoms with Gasteiger partial charge in [0.25, 0.3) is 0 Å². The summed E-state index contributed by atoms with van der Waals surface area (Å²) in [7, 11) is 0. The second kappa shape index (κ2) is 3.93. The molecule has 3 rings (SSSR count). The summed E-state index contributed by atoms with van der Waals surface area (Å²) in [5.41, 5.74) is 3.32. The van der Waals surface area contributed by atoms with E-state index >= 15 is 0 Å². The minimum atomic E-state index is 0.500. The second-order valence-corrected chi connectivity index (χ2v) is 4.98. The Hall–Kier alpha value is -1.30. The van der Waals surface area contributed by atoms with Gasteiger partial charge in [-0.25, -0.2) is 0 Å². The van der Waals surface area contributed by atoms with Crippen LogP contribution < -0.4 is 0 Å². The second-order valence-electron chi connectivity index (χ2n) is 4.98. The van der Waals surface area contributed by atoms with Gasteiger partial charge in [0.2, 0.25) is 0 Å². The van der Waals surface area contributed by atoms with Crippen molar-refractivity contribution in [3.63, 3.8) is 0 Å². The summed E-state index contributed by atoms with van der Waals surface area (Å²) in [5, 5.41) is 14.0. The minimum absolute atomic E-state index is 0.500. The Bertz CT molecular complexity index is 433. The third kappa shape index (κ3) is 1.44. The summed E-state index contributed by atoms with van der Waals surface area (Å²) in [5.74, 6) is 0. The first-order valence-corrected chi connectivity index (χ1v) is 6.40. The Balaban J connectivity index is 2.04. The molecule has 0 amide bonds. The molecule has 0 saturated heterocycles. The van der Waals surface area contributed by atoms with Gasteiger partial charge in [-0.3, -0.25) is 4.68 Å². The number of hydrogen-bond donors (Lipinski definition) is 0. The summed E-state index contributed by atoms with van der Waals surface area (Å²) in [6.45, 7) is 0. The van der Waals surface area contributed by atoms with Crippen molar-refractivity contribution in [2.75, 3.05) is 0 Å². The first kappa shape index (κ1) is 9.89. The Morgan fingerprint density at radius 3 is 2.62 bits per heavy atom. The molecule has 0 radical (unpaired) electrons. The summed E-state index contributed by atoms with van der Waals surface area (Å²) >= 11 is 0. The van der Waals surface area contributed by atoms with Crippen LogP contribution in [0, 0.1) is 11.3 Å². The molecule has 1 aromatic rings. The van der Waals surface area contributed by atoms with Crippen LogP contribution >= 0.6 is 0 Å². The number of fused-ring (bicyclic) bond motifs is 1. The van der Waals surface area contributed by atoms with Crippen molar-refractivity contribution < 1.29 is 0 Å². The average molecular weight is 215 g/mol. The number of rotatable bonds is 1. The third-order valence-corrected chi connectivity index (χ3v) is 3.96. The summed E-state index contributed by atoms with van der Waals surface area (Å²) < 4.78 is 2.04. The quantitative estimate of drug-likeness (QED) is 0.722. The topological polar surface area (TPSA) is 41.6 Å². The molecule has 84 valence electrons. The van der Waals surface area contributed by atoms with Gasteiger partial charge >= 0.3 is 0 Å². The van der Waals surface area contributed by atoms with Gasteiger partial charge in [-0.15, -0.1) is 0 Å². The fourth-order valence-corrected chi connectivity index (χ4v) is 3.10. The molecule has 1 saturated carbocycles. The van der Waals surface area contributed by atoms with E-state index in [1.54, 1.807) is 0 Å². The van der Waals surface area contributed by atoms with E-state index in [1.807, 2.05) is 4.68 Å². The highest BCUT2D eigenvalue weighted by molar-refractivity contribution is 5.37. The van der Waals surface area contributed by atoms with E-state index in [0.29, 0.717) is 6.04 Å². The van der Waals surface area contributed by atoms with E-state index < -0.39 is 0 Å². The van der Waals surface area contributed by atoms with Crippen LogP contribution in [0.1, 0.15) is 61.5 Å². The molecule has 0 unspecified atom stereocenters. The third-order valence-electron chi connectivity index (χ3n) is 3.96. The van der Waals surface area contributed by atoms with Crippen LogP contribution in [-0.4, -0.2) is 9.78 Å². The molecule has 0 atom stereocenters. The highest BCUT2D eigenvalue weighted by Crippen LogP contribution is 2.33. The van der Waals surface area contributed by atoms with Crippen molar-refractivity contribution in [1.29, 1.82) is 5.26 Å². The molecule has 3 heteroatoms. The Labute approximate surface area is 96.1 Å². The number of hydrogen-bond acceptors (Lipinski definition) is 2. The predicted octanol–water partition coefficient (Wildman–Crippen LogP) is 2.75. The van der Waals surface area contributed by atoms with Crippen molar-refractivity contribution in [3.8, 4) is 6.07 Å². The molecule has 16 heavy (non-hydrogen) atoms. The monoisotopic (exact) mass is 215 g/mol. The smallest absolute Gasteiger partial charge is 0.142 e. The first-order chi connectivity index (χ1) is 7.90. The van der Waals surface area contributed by atoms with Crippen molar-refractivity contribution in [2.24, 2.45) is 0 Å². The zero-order chi connectivity index (χ0) is 11.0. The summed E-state index contributed by atoms with van der Waals surface area (Å²) in [4.78, 5) is 0. The lowest BCUT2D eigenvalue weighted by Crippen LogP contribution is -2.09. The molecule has 2 aliphatic carbocycles. The molecular weight excluding hydrogens is 198 g/mol. The van der Waals surface area contributed by atoms with Crippen molar-refractivity contribution in [2.45, 2.75) is 57.4 Å².